The van der Waals surface area contributed by atoms with Crippen LogP contribution in [0.2, 0.25) is 5.02 Å². The van der Waals surface area contributed by atoms with Gasteiger partial charge in [0.05, 0.1) is 18.5 Å². The summed E-state index contributed by atoms with van der Waals surface area (Å²) < 4.78 is 7.14. The second-order valence-electron chi connectivity index (χ2n) is 5.97. The minimum absolute atomic E-state index is 0.112. The summed E-state index contributed by atoms with van der Waals surface area (Å²) in [7, 11) is 5.48. The molecule has 1 aromatic heterocycles. The number of hydrogen-bond donors (Lipinski definition) is 1. The third-order valence-corrected chi connectivity index (χ3v) is 4.24. The topological polar surface area (TPSA) is 46.5 Å². The van der Waals surface area contributed by atoms with E-state index in [-0.39, 0.29) is 12.5 Å². The largest absolute Gasteiger partial charge is 0.497 e. The lowest BCUT2D eigenvalue weighted by Crippen LogP contribution is -2.20. The number of halogens is 1. The molecule has 1 N–H and O–H groups in total. The second kappa shape index (κ2) is 7.07. The van der Waals surface area contributed by atoms with E-state index in [4.69, 9.17) is 16.3 Å². The van der Waals surface area contributed by atoms with E-state index in [1.807, 2.05) is 60.1 Å². The summed E-state index contributed by atoms with van der Waals surface area (Å²) in [6.45, 7) is 0.217. The molecular formula is C19H20ClN3O2. The van der Waals surface area contributed by atoms with Crippen LogP contribution in [0.5, 0.6) is 5.75 Å². The Hall–Kier alpha value is -2.66. The molecule has 5 nitrogen and oxygen atoms in total. The molecule has 2 aromatic carbocycles. The maximum absolute atomic E-state index is 12.5. The number of aromatic nitrogens is 1. The molecule has 25 heavy (non-hydrogen) atoms. The Morgan fingerprint density at radius 2 is 2.00 bits per heavy atom. The van der Waals surface area contributed by atoms with Gasteiger partial charge < -0.3 is 19.5 Å². The maximum atomic E-state index is 12.5. The SMILES string of the molecule is COc1ccc2c(ccn2CC(=O)Nc2cc(Cl)ccc2N(C)C)c1. The molecule has 0 aliphatic rings. The van der Waals surface area contributed by atoms with Crippen LogP contribution in [0.25, 0.3) is 10.9 Å². The first kappa shape index (κ1) is 17.2. The van der Waals surface area contributed by atoms with Gasteiger partial charge in [-0.15, -0.1) is 0 Å². The normalized spacial score (nSPS) is 10.7. The molecule has 0 saturated carbocycles. The van der Waals surface area contributed by atoms with Crippen LogP contribution in [0.4, 0.5) is 11.4 Å². The fourth-order valence-electron chi connectivity index (χ4n) is 2.79. The first-order valence-corrected chi connectivity index (χ1v) is 8.25. The van der Waals surface area contributed by atoms with E-state index in [2.05, 4.69) is 5.32 Å². The van der Waals surface area contributed by atoms with Crippen LogP contribution in [-0.4, -0.2) is 31.7 Å². The number of carbonyl (C=O) groups is 1. The maximum Gasteiger partial charge on any atom is 0.244 e. The van der Waals surface area contributed by atoms with Crippen LogP contribution in [0, 0.1) is 0 Å². The van der Waals surface area contributed by atoms with Crippen molar-refractivity contribution in [1.82, 2.24) is 4.57 Å². The van der Waals surface area contributed by atoms with E-state index in [9.17, 15) is 4.79 Å². The van der Waals surface area contributed by atoms with Crippen molar-refractivity contribution >= 4 is 39.8 Å². The summed E-state index contributed by atoms with van der Waals surface area (Å²) in [6.07, 6.45) is 1.90. The molecule has 1 amide bonds. The number of benzene rings is 2. The first-order valence-electron chi connectivity index (χ1n) is 7.87. The van der Waals surface area contributed by atoms with Crippen molar-refractivity contribution in [2.75, 3.05) is 31.4 Å². The monoisotopic (exact) mass is 357 g/mol. The molecule has 0 bridgehead atoms. The fourth-order valence-corrected chi connectivity index (χ4v) is 2.96. The number of nitrogens with zero attached hydrogens (tertiary/aromatic N) is 2. The predicted octanol–water partition coefficient (Wildman–Crippen LogP) is 4.01. The number of methoxy groups -OCH3 is 1. The van der Waals surface area contributed by atoms with E-state index in [0.717, 1.165) is 22.3 Å². The zero-order chi connectivity index (χ0) is 18.0. The Bertz CT molecular complexity index is 918. The molecule has 0 atom stereocenters. The van der Waals surface area contributed by atoms with Gasteiger partial charge in [0.2, 0.25) is 5.91 Å². The fraction of sp³-hybridized carbons (Fsp3) is 0.211. The van der Waals surface area contributed by atoms with Crippen molar-refractivity contribution in [3.8, 4) is 5.75 Å². The number of carbonyl (C=O) groups excluding carboxylic acids is 1. The molecule has 130 valence electrons. The van der Waals surface area contributed by atoms with E-state index < -0.39 is 0 Å². The van der Waals surface area contributed by atoms with Gasteiger partial charge in [0.1, 0.15) is 12.3 Å². The molecule has 0 aliphatic carbocycles. The van der Waals surface area contributed by atoms with Crippen LogP contribution in [0.1, 0.15) is 0 Å². The van der Waals surface area contributed by atoms with Crippen molar-refractivity contribution in [3.63, 3.8) is 0 Å². The summed E-state index contributed by atoms with van der Waals surface area (Å²) in [5.74, 6) is 0.683. The summed E-state index contributed by atoms with van der Waals surface area (Å²) in [4.78, 5) is 14.4. The van der Waals surface area contributed by atoms with Crippen molar-refractivity contribution in [1.29, 1.82) is 0 Å². The highest BCUT2D eigenvalue weighted by molar-refractivity contribution is 6.31. The van der Waals surface area contributed by atoms with E-state index >= 15 is 0 Å². The molecule has 0 spiro atoms. The Kier molecular flexibility index (Phi) is 4.86. The van der Waals surface area contributed by atoms with Gasteiger partial charge in [0.25, 0.3) is 0 Å². The average molecular weight is 358 g/mol. The number of ether oxygens (including phenoxy) is 1. The number of hydrogen-bond acceptors (Lipinski definition) is 3. The van der Waals surface area contributed by atoms with Crippen molar-refractivity contribution in [2.24, 2.45) is 0 Å². The number of rotatable bonds is 5. The van der Waals surface area contributed by atoms with Crippen molar-refractivity contribution in [2.45, 2.75) is 6.54 Å². The van der Waals surface area contributed by atoms with Crippen LogP contribution >= 0.6 is 11.6 Å². The smallest absolute Gasteiger partial charge is 0.244 e. The standard InChI is InChI=1S/C19H20ClN3O2/c1-22(2)18-6-4-14(20)11-16(18)21-19(24)12-23-9-8-13-10-15(25-3)5-7-17(13)23/h4-11H,12H2,1-3H3,(H,21,24). The number of amides is 1. The Balaban J connectivity index is 1.81. The van der Waals surface area contributed by atoms with E-state index in [1.54, 1.807) is 19.2 Å². The van der Waals surface area contributed by atoms with Crippen LogP contribution < -0.4 is 15.0 Å². The Labute approximate surface area is 151 Å². The van der Waals surface area contributed by atoms with Crippen molar-refractivity contribution in [3.05, 3.63) is 53.7 Å². The zero-order valence-electron chi connectivity index (χ0n) is 14.4. The molecule has 1 heterocycles. The molecule has 0 fully saturated rings. The molecule has 0 aliphatic heterocycles. The van der Waals surface area contributed by atoms with E-state index in [1.165, 1.54) is 0 Å². The Morgan fingerprint density at radius 3 is 2.72 bits per heavy atom. The third kappa shape index (κ3) is 3.72. The summed E-state index contributed by atoms with van der Waals surface area (Å²) >= 11 is 6.07. The highest BCUT2D eigenvalue weighted by Gasteiger charge is 2.11. The van der Waals surface area contributed by atoms with Gasteiger partial charge in [-0.2, -0.15) is 0 Å². The lowest BCUT2D eigenvalue weighted by molar-refractivity contribution is -0.116. The molecule has 0 saturated heterocycles. The van der Waals surface area contributed by atoms with Gasteiger partial charge in [0, 0.05) is 36.2 Å². The summed E-state index contributed by atoms with van der Waals surface area (Å²) in [6, 6.07) is 13.2. The van der Waals surface area contributed by atoms with Gasteiger partial charge in [0.15, 0.2) is 0 Å². The minimum Gasteiger partial charge on any atom is -0.497 e. The second-order valence-corrected chi connectivity index (χ2v) is 6.41. The lowest BCUT2D eigenvalue weighted by atomic mass is 10.2. The Morgan fingerprint density at radius 1 is 1.20 bits per heavy atom. The van der Waals surface area contributed by atoms with Gasteiger partial charge >= 0.3 is 0 Å². The van der Waals surface area contributed by atoms with Gasteiger partial charge in [-0.05, 0) is 42.5 Å². The van der Waals surface area contributed by atoms with Crippen molar-refractivity contribution < 1.29 is 9.53 Å². The van der Waals surface area contributed by atoms with Crippen LogP contribution in [-0.2, 0) is 11.3 Å². The summed E-state index contributed by atoms with van der Waals surface area (Å²) in [5.41, 5.74) is 2.58. The van der Waals surface area contributed by atoms with E-state index in [0.29, 0.717) is 10.7 Å². The molecular weight excluding hydrogens is 338 g/mol. The molecule has 0 radical (unpaired) electrons. The first-order chi connectivity index (χ1) is 12.0. The minimum atomic E-state index is -0.112. The zero-order valence-corrected chi connectivity index (χ0v) is 15.2. The summed E-state index contributed by atoms with van der Waals surface area (Å²) in [5, 5.41) is 4.56. The molecule has 6 heteroatoms. The van der Waals surface area contributed by atoms with Gasteiger partial charge in [-0.25, -0.2) is 0 Å². The van der Waals surface area contributed by atoms with Gasteiger partial charge in [-0.3, -0.25) is 4.79 Å². The van der Waals surface area contributed by atoms with Crippen LogP contribution in [0.15, 0.2) is 48.7 Å². The third-order valence-electron chi connectivity index (χ3n) is 4.01. The average Bonchev–Trinajstić information content (AvgIpc) is 2.96. The number of anilines is 2. The quantitative estimate of drug-likeness (QED) is 0.750. The highest BCUT2D eigenvalue weighted by atomic mass is 35.5. The van der Waals surface area contributed by atoms with Crippen LogP contribution in [0.3, 0.4) is 0 Å². The number of fused-ring (bicyclic) bond motifs is 1. The molecule has 3 rings (SSSR count). The number of nitrogens with one attached hydrogen (secondary N) is 1. The lowest BCUT2D eigenvalue weighted by Gasteiger charge is -2.18. The highest BCUT2D eigenvalue weighted by Crippen LogP contribution is 2.28. The van der Waals surface area contributed by atoms with Gasteiger partial charge in [-0.1, -0.05) is 11.6 Å². The molecule has 0 unspecified atom stereocenters. The molecule has 3 aromatic rings. The predicted molar refractivity (Wildman–Crippen MR) is 103 cm³/mol.